The maximum Gasteiger partial charge on any atom is 0.0220 e. The third-order valence-corrected chi connectivity index (χ3v) is 5.53. The Balaban J connectivity index is 1.80. The van der Waals surface area contributed by atoms with Crippen molar-refractivity contribution in [3.05, 3.63) is 0 Å². The lowest BCUT2D eigenvalue weighted by Crippen LogP contribution is -2.48. The Labute approximate surface area is 120 Å². The smallest absolute Gasteiger partial charge is 0.0220 e. The summed E-state index contributed by atoms with van der Waals surface area (Å²) in [6.07, 6.45) is 11.8. The van der Waals surface area contributed by atoms with Gasteiger partial charge in [0, 0.05) is 18.6 Å². The van der Waals surface area contributed by atoms with Gasteiger partial charge in [-0.15, -0.1) is 0 Å². The zero-order valence-corrected chi connectivity index (χ0v) is 13.5. The number of hydrogen-bond acceptors (Lipinski definition) is 2. The van der Waals surface area contributed by atoms with Crippen molar-refractivity contribution in [1.29, 1.82) is 0 Å². The van der Waals surface area contributed by atoms with Crippen molar-refractivity contribution in [3.63, 3.8) is 0 Å². The lowest BCUT2D eigenvalue weighted by Gasteiger charge is -2.40. The van der Waals surface area contributed by atoms with Crippen molar-refractivity contribution in [2.75, 3.05) is 20.6 Å². The van der Waals surface area contributed by atoms with Gasteiger partial charge in [0.15, 0.2) is 0 Å². The summed E-state index contributed by atoms with van der Waals surface area (Å²) in [5.41, 5.74) is 0.771. The third kappa shape index (κ3) is 4.19. The highest BCUT2D eigenvalue weighted by molar-refractivity contribution is 4.92. The number of hydrogen-bond donors (Lipinski definition) is 1. The van der Waals surface area contributed by atoms with Crippen LogP contribution in [-0.2, 0) is 0 Å². The molecule has 2 fully saturated rings. The first kappa shape index (κ1) is 15.3. The molecule has 2 saturated carbocycles. The number of nitrogens with one attached hydrogen (secondary N) is 1. The fraction of sp³-hybridized carbons (Fsp3) is 1.00. The second-order valence-corrected chi connectivity index (χ2v) is 7.76. The molecule has 0 amide bonds. The molecule has 0 bridgehead atoms. The van der Waals surface area contributed by atoms with E-state index < -0.39 is 0 Å². The summed E-state index contributed by atoms with van der Waals surface area (Å²) in [4.78, 5) is 2.32. The Morgan fingerprint density at radius 2 is 1.63 bits per heavy atom. The number of likely N-dealkylation sites (N-methyl/N-ethyl adjacent to an activating group) is 1. The highest BCUT2D eigenvalue weighted by atomic mass is 15.1. The minimum atomic E-state index is 0.651. The van der Waals surface area contributed by atoms with Gasteiger partial charge in [0.25, 0.3) is 0 Å². The SMILES string of the molecule is CC(C)C(CN(C)C)NC1CCC2(CCCC2)CC1. The zero-order chi connectivity index (χ0) is 13.9. The van der Waals surface area contributed by atoms with Crippen LogP contribution in [0.25, 0.3) is 0 Å². The standard InChI is InChI=1S/C17H34N2/c1-14(2)16(13-19(3)4)18-15-7-11-17(12-8-15)9-5-6-10-17/h14-16,18H,5-13H2,1-4H3. The monoisotopic (exact) mass is 266 g/mol. The first-order valence-corrected chi connectivity index (χ1v) is 8.41. The molecule has 1 N–H and O–H groups in total. The molecule has 2 nitrogen and oxygen atoms in total. The summed E-state index contributed by atoms with van der Waals surface area (Å²) >= 11 is 0. The van der Waals surface area contributed by atoms with E-state index in [0.717, 1.165) is 17.4 Å². The molecule has 2 heteroatoms. The van der Waals surface area contributed by atoms with Crippen molar-refractivity contribution in [2.24, 2.45) is 11.3 Å². The van der Waals surface area contributed by atoms with Crippen LogP contribution in [0.4, 0.5) is 0 Å². The molecule has 0 aliphatic heterocycles. The van der Waals surface area contributed by atoms with Crippen LogP contribution in [-0.4, -0.2) is 37.6 Å². The second kappa shape index (κ2) is 6.58. The van der Waals surface area contributed by atoms with Crippen LogP contribution in [0.5, 0.6) is 0 Å². The molecule has 0 aromatic rings. The van der Waals surface area contributed by atoms with Gasteiger partial charge in [-0.25, -0.2) is 0 Å². The van der Waals surface area contributed by atoms with Gasteiger partial charge in [-0.05, 0) is 64.0 Å². The van der Waals surface area contributed by atoms with E-state index >= 15 is 0 Å². The molecule has 0 heterocycles. The van der Waals surface area contributed by atoms with Crippen LogP contribution >= 0.6 is 0 Å². The van der Waals surface area contributed by atoms with E-state index in [-0.39, 0.29) is 0 Å². The quantitative estimate of drug-likeness (QED) is 0.817. The van der Waals surface area contributed by atoms with Crippen LogP contribution < -0.4 is 5.32 Å². The highest BCUT2D eigenvalue weighted by Crippen LogP contribution is 2.48. The Kier molecular flexibility index (Phi) is 5.30. The lowest BCUT2D eigenvalue weighted by atomic mass is 9.71. The van der Waals surface area contributed by atoms with Gasteiger partial charge in [0.1, 0.15) is 0 Å². The largest absolute Gasteiger partial charge is 0.310 e. The minimum absolute atomic E-state index is 0.651. The van der Waals surface area contributed by atoms with Crippen molar-refractivity contribution < 1.29 is 0 Å². The molecule has 0 aromatic heterocycles. The van der Waals surface area contributed by atoms with E-state index in [1.807, 2.05) is 0 Å². The van der Waals surface area contributed by atoms with Gasteiger partial charge in [-0.2, -0.15) is 0 Å². The maximum absolute atomic E-state index is 3.95. The first-order chi connectivity index (χ1) is 9.01. The fourth-order valence-corrected chi connectivity index (χ4v) is 4.17. The van der Waals surface area contributed by atoms with E-state index in [1.165, 1.54) is 57.9 Å². The van der Waals surface area contributed by atoms with Gasteiger partial charge < -0.3 is 10.2 Å². The average molecular weight is 266 g/mol. The van der Waals surface area contributed by atoms with Crippen LogP contribution in [0.3, 0.4) is 0 Å². The van der Waals surface area contributed by atoms with Gasteiger partial charge in [-0.1, -0.05) is 26.7 Å². The third-order valence-electron chi connectivity index (χ3n) is 5.53. The molecule has 0 aromatic carbocycles. The van der Waals surface area contributed by atoms with Crippen LogP contribution in [0.2, 0.25) is 0 Å². The molecule has 112 valence electrons. The van der Waals surface area contributed by atoms with E-state index in [4.69, 9.17) is 0 Å². The van der Waals surface area contributed by atoms with E-state index in [1.54, 1.807) is 0 Å². The Hall–Kier alpha value is -0.0800. The summed E-state index contributed by atoms with van der Waals surface area (Å²) in [7, 11) is 4.37. The maximum atomic E-state index is 3.95. The fourth-order valence-electron chi connectivity index (χ4n) is 4.17. The van der Waals surface area contributed by atoms with Crippen molar-refractivity contribution >= 4 is 0 Å². The van der Waals surface area contributed by atoms with Gasteiger partial charge in [0.2, 0.25) is 0 Å². The van der Waals surface area contributed by atoms with E-state index in [9.17, 15) is 0 Å². The summed E-state index contributed by atoms with van der Waals surface area (Å²) in [6.45, 7) is 5.87. The molecule has 19 heavy (non-hydrogen) atoms. The molecule has 1 atom stereocenters. The molecule has 2 aliphatic rings. The van der Waals surface area contributed by atoms with Gasteiger partial charge in [0.05, 0.1) is 0 Å². The summed E-state index contributed by atoms with van der Waals surface area (Å²) < 4.78 is 0. The minimum Gasteiger partial charge on any atom is -0.310 e. The Morgan fingerprint density at radius 1 is 1.05 bits per heavy atom. The van der Waals surface area contributed by atoms with E-state index in [2.05, 4.69) is 38.2 Å². The van der Waals surface area contributed by atoms with Crippen LogP contribution in [0.1, 0.15) is 65.2 Å². The Morgan fingerprint density at radius 3 is 2.11 bits per heavy atom. The molecule has 0 radical (unpaired) electrons. The van der Waals surface area contributed by atoms with Crippen molar-refractivity contribution in [2.45, 2.75) is 77.3 Å². The number of nitrogens with zero attached hydrogens (tertiary/aromatic N) is 1. The predicted octanol–water partition coefficient (Wildman–Crippen LogP) is 3.67. The molecule has 2 aliphatic carbocycles. The van der Waals surface area contributed by atoms with Gasteiger partial charge >= 0.3 is 0 Å². The lowest BCUT2D eigenvalue weighted by molar-refractivity contribution is 0.151. The summed E-state index contributed by atoms with van der Waals surface area (Å²) in [5, 5.41) is 3.95. The molecule has 1 spiro atoms. The van der Waals surface area contributed by atoms with Crippen LogP contribution in [0, 0.1) is 11.3 Å². The Bertz CT molecular complexity index is 256. The molecule has 2 rings (SSSR count). The molecule has 0 saturated heterocycles. The molecular formula is C17H34N2. The van der Waals surface area contributed by atoms with Crippen molar-refractivity contribution in [3.8, 4) is 0 Å². The summed E-state index contributed by atoms with van der Waals surface area (Å²) in [6, 6.07) is 1.43. The van der Waals surface area contributed by atoms with Crippen molar-refractivity contribution in [1.82, 2.24) is 10.2 Å². The second-order valence-electron chi connectivity index (χ2n) is 7.76. The first-order valence-electron chi connectivity index (χ1n) is 8.41. The van der Waals surface area contributed by atoms with E-state index in [0.29, 0.717) is 6.04 Å². The zero-order valence-electron chi connectivity index (χ0n) is 13.5. The van der Waals surface area contributed by atoms with Crippen LogP contribution in [0.15, 0.2) is 0 Å². The highest BCUT2D eigenvalue weighted by Gasteiger charge is 2.37. The normalized spacial score (nSPS) is 25.6. The average Bonchev–Trinajstić information content (AvgIpc) is 2.79. The predicted molar refractivity (Wildman–Crippen MR) is 83.5 cm³/mol. The topological polar surface area (TPSA) is 15.3 Å². The number of rotatable bonds is 5. The molecular weight excluding hydrogens is 232 g/mol. The summed E-state index contributed by atoms with van der Waals surface area (Å²) in [5.74, 6) is 0.727. The van der Waals surface area contributed by atoms with Gasteiger partial charge in [-0.3, -0.25) is 0 Å². The molecule has 1 unspecified atom stereocenters.